The van der Waals surface area contributed by atoms with Gasteiger partial charge in [0.2, 0.25) is 5.88 Å². The van der Waals surface area contributed by atoms with Crippen LogP contribution in [0.15, 0.2) is 54.6 Å². The highest BCUT2D eigenvalue weighted by atomic mass is 19.1. The number of anilines is 1. The van der Waals surface area contributed by atoms with Crippen molar-refractivity contribution in [1.29, 1.82) is 0 Å². The van der Waals surface area contributed by atoms with Gasteiger partial charge in [0, 0.05) is 6.07 Å². The molecule has 1 aliphatic rings. The van der Waals surface area contributed by atoms with Gasteiger partial charge in [0.25, 0.3) is 0 Å². The van der Waals surface area contributed by atoms with E-state index in [1.54, 1.807) is 13.2 Å². The highest BCUT2D eigenvalue weighted by Crippen LogP contribution is 2.43. The molecule has 0 saturated heterocycles. The number of aromatic nitrogens is 3. The molecule has 0 amide bonds. The van der Waals surface area contributed by atoms with Crippen LogP contribution in [0.5, 0.6) is 5.88 Å². The summed E-state index contributed by atoms with van der Waals surface area (Å²) in [7, 11) is 1.58. The lowest BCUT2D eigenvalue weighted by Gasteiger charge is -2.43. The molecule has 2 aromatic heterocycles. The van der Waals surface area contributed by atoms with Crippen molar-refractivity contribution in [3.63, 3.8) is 0 Å². The third kappa shape index (κ3) is 3.10. The summed E-state index contributed by atoms with van der Waals surface area (Å²) in [4.78, 5) is 4.37. The van der Waals surface area contributed by atoms with Gasteiger partial charge in [-0.05, 0) is 55.2 Å². The smallest absolute Gasteiger partial charge is 0.213 e. The minimum Gasteiger partial charge on any atom is -0.481 e. The number of hydrogen-bond donors (Lipinski definition) is 1. The molecule has 0 spiro atoms. The van der Waals surface area contributed by atoms with Crippen molar-refractivity contribution in [2.75, 3.05) is 12.4 Å². The molecule has 1 aliphatic carbocycles. The largest absolute Gasteiger partial charge is 0.481 e. The van der Waals surface area contributed by atoms with Crippen LogP contribution < -0.4 is 10.1 Å². The van der Waals surface area contributed by atoms with Crippen LogP contribution in [0, 0.1) is 5.82 Å². The zero-order valence-electron chi connectivity index (χ0n) is 14.4. The first kappa shape index (κ1) is 16.4. The number of pyridine rings is 1. The van der Waals surface area contributed by atoms with Gasteiger partial charge in [-0.1, -0.05) is 18.2 Å². The zero-order chi connectivity index (χ0) is 18.0. The summed E-state index contributed by atoms with van der Waals surface area (Å²) < 4.78 is 18.4. The summed E-state index contributed by atoms with van der Waals surface area (Å²) in [5, 5.41) is 12.1. The number of hydrogen-bond acceptors (Lipinski definition) is 5. The maximum Gasteiger partial charge on any atom is 0.213 e. The van der Waals surface area contributed by atoms with Crippen LogP contribution in [0.2, 0.25) is 0 Å². The monoisotopic (exact) mass is 350 g/mol. The minimum absolute atomic E-state index is 0.196. The Morgan fingerprint density at radius 3 is 2.38 bits per heavy atom. The van der Waals surface area contributed by atoms with Crippen LogP contribution in [0.25, 0.3) is 11.4 Å². The van der Waals surface area contributed by atoms with Gasteiger partial charge < -0.3 is 10.1 Å². The van der Waals surface area contributed by atoms with Crippen molar-refractivity contribution in [1.82, 2.24) is 15.2 Å². The molecule has 1 aromatic carbocycles. The lowest BCUT2D eigenvalue weighted by atomic mass is 9.72. The fourth-order valence-electron chi connectivity index (χ4n) is 3.24. The Labute approximate surface area is 151 Å². The van der Waals surface area contributed by atoms with E-state index >= 15 is 0 Å². The molecule has 0 unspecified atom stereocenters. The van der Waals surface area contributed by atoms with Crippen molar-refractivity contribution in [2.45, 2.75) is 24.8 Å². The van der Waals surface area contributed by atoms with Gasteiger partial charge in [0.05, 0.1) is 18.3 Å². The number of benzene rings is 1. The topological polar surface area (TPSA) is 59.9 Å². The van der Waals surface area contributed by atoms with E-state index in [2.05, 4.69) is 20.5 Å². The van der Waals surface area contributed by atoms with Gasteiger partial charge in [0.15, 0.2) is 0 Å². The van der Waals surface area contributed by atoms with E-state index in [9.17, 15) is 4.39 Å². The highest BCUT2D eigenvalue weighted by Gasteiger charge is 2.39. The molecule has 132 valence electrons. The normalized spacial score (nSPS) is 15.2. The number of methoxy groups -OCH3 is 1. The molecular formula is C20H19FN4O. The summed E-state index contributed by atoms with van der Waals surface area (Å²) in [5.74, 6) is 1.01. The molecule has 2 heterocycles. The molecule has 0 atom stereocenters. The second-order valence-corrected chi connectivity index (χ2v) is 6.44. The van der Waals surface area contributed by atoms with E-state index in [-0.39, 0.29) is 11.4 Å². The molecule has 0 radical (unpaired) electrons. The van der Waals surface area contributed by atoms with Crippen molar-refractivity contribution in [2.24, 2.45) is 0 Å². The number of nitrogens with one attached hydrogen (secondary N) is 1. The van der Waals surface area contributed by atoms with Gasteiger partial charge in [-0.2, -0.15) is 0 Å². The average molecular weight is 350 g/mol. The zero-order valence-corrected chi connectivity index (χ0v) is 14.4. The summed E-state index contributed by atoms with van der Waals surface area (Å²) in [6.45, 7) is 0. The Kier molecular flexibility index (Phi) is 4.24. The van der Waals surface area contributed by atoms with Gasteiger partial charge in [-0.25, -0.2) is 9.37 Å². The van der Waals surface area contributed by atoms with E-state index in [1.165, 1.54) is 12.1 Å². The van der Waals surface area contributed by atoms with Crippen LogP contribution in [-0.2, 0) is 5.54 Å². The maximum absolute atomic E-state index is 13.2. The average Bonchev–Trinajstić information content (AvgIpc) is 2.66. The number of rotatable bonds is 5. The summed E-state index contributed by atoms with van der Waals surface area (Å²) >= 11 is 0. The molecule has 0 aliphatic heterocycles. The minimum atomic E-state index is -0.224. The fourth-order valence-corrected chi connectivity index (χ4v) is 3.24. The van der Waals surface area contributed by atoms with Gasteiger partial charge in [-0.15, -0.1) is 10.2 Å². The first-order valence-electron chi connectivity index (χ1n) is 8.58. The lowest BCUT2D eigenvalue weighted by molar-refractivity contribution is 0.283. The fraction of sp³-hybridized carbons (Fsp3) is 0.250. The van der Waals surface area contributed by atoms with Crippen molar-refractivity contribution in [3.05, 3.63) is 66.0 Å². The molecular weight excluding hydrogens is 331 g/mol. The second-order valence-electron chi connectivity index (χ2n) is 6.44. The molecule has 0 bridgehead atoms. The summed E-state index contributed by atoms with van der Waals surface area (Å²) in [5.41, 5.74) is 2.27. The number of nitrogens with zero attached hydrogens (tertiary/aromatic N) is 3. The standard InChI is InChI=1S/C20H19FN4O/c1-26-19-5-2-4-16(22-19)17-10-11-18(25-24-17)23-20(12-3-13-20)14-6-8-15(21)9-7-14/h2,4-11H,3,12-13H2,1H3,(H,23,25). The Hall–Kier alpha value is -3.02. The molecule has 3 aromatic rings. The Bertz CT molecular complexity index is 892. The first-order valence-corrected chi connectivity index (χ1v) is 8.58. The molecule has 1 saturated carbocycles. The van der Waals surface area contributed by atoms with Gasteiger partial charge in [-0.3, -0.25) is 0 Å². The van der Waals surface area contributed by atoms with Crippen LogP contribution in [0.1, 0.15) is 24.8 Å². The Morgan fingerprint density at radius 1 is 0.962 bits per heavy atom. The summed E-state index contributed by atoms with van der Waals surface area (Å²) in [6, 6.07) is 16.0. The molecule has 26 heavy (non-hydrogen) atoms. The van der Waals surface area contributed by atoms with Gasteiger partial charge >= 0.3 is 0 Å². The van der Waals surface area contributed by atoms with E-state index in [4.69, 9.17) is 4.74 Å². The maximum atomic E-state index is 13.2. The predicted molar refractivity (Wildman–Crippen MR) is 97.4 cm³/mol. The molecule has 5 nitrogen and oxygen atoms in total. The lowest BCUT2D eigenvalue weighted by Crippen LogP contribution is -2.42. The van der Waals surface area contributed by atoms with Crippen molar-refractivity contribution >= 4 is 5.82 Å². The van der Waals surface area contributed by atoms with E-state index in [1.807, 2.05) is 36.4 Å². The number of ether oxygens (including phenoxy) is 1. The molecule has 1 fully saturated rings. The van der Waals surface area contributed by atoms with E-state index in [0.29, 0.717) is 23.1 Å². The van der Waals surface area contributed by atoms with E-state index < -0.39 is 0 Å². The first-order chi connectivity index (χ1) is 12.7. The number of halogens is 1. The van der Waals surface area contributed by atoms with Crippen molar-refractivity contribution in [3.8, 4) is 17.3 Å². The molecule has 1 N–H and O–H groups in total. The third-order valence-corrected chi connectivity index (χ3v) is 4.83. The van der Waals surface area contributed by atoms with E-state index in [0.717, 1.165) is 24.8 Å². The molecule has 6 heteroatoms. The second kappa shape index (κ2) is 6.71. The van der Waals surface area contributed by atoms with Crippen LogP contribution in [-0.4, -0.2) is 22.3 Å². The highest BCUT2D eigenvalue weighted by molar-refractivity contribution is 5.56. The van der Waals surface area contributed by atoms with Crippen molar-refractivity contribution < 1.29 is 9.13 Å². The third-order valence-electron chi connectivity index (χ3n) is 4.83. The Morgan fingerprint density at radius 2 is 1.77 bits per heavy atom. The van der Waals surface area contributed by atoms with Crippen LogP contribution in [0.4, 0.5) is 10.2 Å². The predicted octanol–water partition coefficient (Wildman–Crippen LogP) is 4.18. The quantitative estimate of drug-likeness (QED) is 0.748. The SMILES string of the molecule is COc1cccc(-c2ccc(NC3(c4ccc(F)cc4)CCC3)nn2)n1. The van der Waals surface area contributed by atoms with Gasteiger partial charge in [0.1, 0.15) is 17.3 Å². The molecule has 4 rings (SSSR count). The Balaban J connectivity index is 1.56. The summed E-state index contributed by atoms with van der Waals surface area (Å²) in [6.07, 6.45) is 3.10. The van der Waals surface area contributed by atoms with Crippen LogP contribution in [0.3, 0.4) is 0 Å². The van der Waals surface area contributed by atoms with Crippen LogP contribution >= 0.6 is 0 Å².